The molecule has 2 fully saturated rings. The summed E-state index contributed by atoms with van der Waals surface area (Å²) in [6.07, 6.45) is 6.50. The molecule has 1 atom stereocenters. The first-order valence-corrected chi connectivity index (χ1v) is 7.49. The molecule has 0 radical (unpaired) electrons. The molecule has 1 saturated carbocycles. The molecule has 3 rings (SSSR count). The number of nitrogens with zero attached hydrogens (tertiary/aromatic N) is 2. The van der Waals surface area contributed by atoms with Gasteiger partial charge in [0.15, 0.2) is 0 Å². The maximum atomic E-state index is 12.0. The molecule has 0 aromatic carbocycles. The zero-order valence-corrected chi connectivity index (χ0v) is 14.2. The molecule has 1 amide bonds. The SMILES string of the molecule is Cl.Cl.NC(CNC(=O)c1ccc(N2CCCC2)nc1)C1CC1. The first kappa shape index (κ1) is 19.0. The maximum Gasteiger partial charge on any atom is 0.252 e. The molecule has 22 heavy (non-hydrogen) atoms. The Morgan fingerprint density at radius 3 is 2.55 bits per heavy atom. The molecule has 1 aromatic heterocycles. The van der Waals surface area contributed by atoms with Gasteiger partial charge >= 0.3 is 0 Å². The molecule has 1 aliphatic carbocycles. The van der Waals surface area contributed by atoms with Gasteiger partial charge in [-0.3, -0.25) is 4.79 Å². The van der Waals surface area contributed by atoms with E-state index in [1.165, 1.54) is 25.7 Å². The van der Waals surface area contributed by atoms with Gasteiger partial charge in [0.1, 0.15) is 5.82 Å². The second kappa shape index (κ2) is 8.56. The van der Waals surface area contributed by atoms with Gasteiger partial charge in [0.2, 0.25) is 0 Å². The lowest BCUT2D eigenvalue weighted by atomic mass is 10.2. The number of carbonyl (C=O) groups excluding carboxylic acids is 1. The van der Waals surface area contributed by atoms with Crippen molar-refractivity contribution < 1.29 is 4.79 Å². The summed E-state index contributed by atoms with van der Waals surface area (Å²) in [5, 5.41) is 2.89. The van der Waals surface area contributed by atoms with Crippen LogP contribution < -0.4 is 16.0 Å². The van der Waals surface area contributed by atoms with E-state index >= 15 is 0 Å². The molecule has 2 heterocycles. The monoisotopic (exact) mass is 346 g/mol. The van der Waals surface area contributed by atoms with E-state index in [0.717, 1.165) is 18.9 Å². The van der Waals surface area contributed by atoms with E-state index in [1.807, 2.05) is 12.1 Å². The van der Waals surface area contributed by atoms with Gasteiger partial charge in [-0.15, -0.1) is 24.8 Å². The summed E-state index contributed by atoms with van der Waals surface area (Å²) in [7, 11) is 0. The highest BCUT2D eigenvalue weighted by atomic mass is 35.5. The smallest absolute Gasteiger partial charge is 0.252 e. The van der Waals surface area contributed by atoms with Gasteiger partial charge < -0.3 is 16.0 Å². The fraction of sp³-hybridized carbons (Fsp3) is 0.600. The normalized spacial score (nSPS) is 18.1. The van der Waals surface area contributed by atoms with E-state index in [-0.39, 0.29) is 36.8 Å². The molecule has 5 nitrogen and oxygen atoms in total. The van der Waals surface area contributed by atoms with Crippen LogP contribution in [0.4, 0.5) is 5.82 Å². The first-order valence-electron chi connectivity index (χ1n) is 7.49. The molecule has 124 valence electrons. The number of aromatic nitrogens is 1. The fourth-order valence-electron chi connectivity index (χ4n) is 2.66. The summed E-state index contributed by atoms with van der Waals surface area (Å²) in [4.78, 5) is 18.6. The molecule has 1 aromatic rings. The van der Waals surface area contributed by atoms with E-state index < -0.39 is 0 Å². The van der Waals surface area contributed by atoms with E-state index in [2.05, 4.69) is 15.2 Å². The van der Waals surface area contributed by atoms with E-state index in [9.17, 15) is 4.79 Å². The number of hydrogen-bond donors (Lipinski definition) is 2. The van der Waals surface area contributed by atoms with Crippen LogP contribution in [0.5, 0.6) is 0 Å². The van der Waals surface area contributed by atoms with Crippen molar-refractivity contribution in [3.8, 4) is 0 Å². The number of anilines is 1. The summed E-state index contributed by atoms with van der Waals surface area (Å²) in [5.74, 6) is 1.49. The lowest BCUT2D eigenvalue weighted by molar-refractivity contribution is 0.0950. The van der Waals surface area contributed by atoms with E-state index in [1.54, 1.807) is 6.20 Å². The molecule has 2 aliphatic rings. The van der Waals surface area contributed by atoms with E-state index in [0.29, 0.717) is 18.0 Å². The van der Waals surface area contributed by atoms with Gasteiger partial charge in [0.25, 0.3) is 5.91 Å². The lowest BCUT2D eigenvalue weighted by Gasteiger charge is -2.16. The van der Waals surface area contributed by atoms with Crippen molar-refractivity contribution in [1.29, 1.82) is 0 Å². The van der Waals surface area contributed by atoms with Crippen LogP contribution in [0, 0.1) is 5.92 Å². The third-order valence-electron chi connectivity index (χ3n) is 4.17. The van der Waals surface area contributed by atoms with Gasteiger partial charge in [-0.1, -0.05) is 0 Å². The quantitative estimate of drug-likeness (QED) is 0.855. The average molecular weight is 347 g/mol. The van der Waals surface area contributed by atoms with Crippen LogP contribution in [0.25, 0.3) is 0 Å². The zero-order chi connectivity index (χ0) is 13.9. The van der Waals surface area contributed by atoms with Crippen LogP contribution in [0.15, 0.2) is 18.3 Å². The van der Waals surface area contributed by atoms with Crippen LogP contribution in [0.2, 0.25) is 0 Å². The number of halogens is 2. The van der Waals surface area contributed by atoms with Gasteiger partial charge in [0, 0.05) is 31.9 Å². The Labute approximate surface area is 143 Å². The number of nitrogens with two attached hydrogens (primary N) is 1. The van der Waals surface area contributed by atoms with Crippen molar-refractivity contribution in [1.82, 2.24) is 10.3 Å². The highest BCUT2D eigenvalue weighted by Gasteiger charge is 2.28. The molecular weight excluding hydrogens is 323 g/mol. The van der Waals surface area contributed by atoms with Crippen LogP contribution in [-0.2, 0) is 0 Å². The summed E-state index contributed by atoms with van der Waals surface area (Å²) < 4.78 is 0. The summed E-state index contributed by atoms with van der Waals surface area (Å²) in [6, 6.07) is 3.87. The standard InChI is InChI=1S/C15H22N4O.2ClH/c16-13(11-3-4-11)10-18-15(20)12-5-6-14(17-9-12)19-7-1-2-8-19;;/h5-6,9,11,13H,1-4,7-8,10,16H2,(H,18,20);2*1H. The summed E-state index contributed by atoms with van der Waals surface area (Å²) in [5.41, 5.74) is 6.58. The molecular formula is C15H24Cl2N4O. The number of nitrogens with one attached hydrogen (secondary N) is 1. The maximum absolute atomic E-state index is 12.0. The van der Waals surface area contributed by atoms with Gasteiger partial charge in [-0.2, -0.15) is 0 Å². The highest BCUT2D eigenvalue weighted by Crippen LogP contribution is 2.31. The van der Waals surface area contributed by atoms with Crippen LogP contribution in [-0.4, -0.2) is 36.6 Å². The second-order valence-electron chi connectivity index (χ2n) is 5.81. The van der Waals surface area contributed by atoms with Crippen LogP contribution >= 0.6 is 24.8 Å². The number of rotatable bonds is 5. The molecule has 1 unspecified atom stereocenters. The Hall–Kier alpha value is -1.04. The molecule has 1 saturated heterocycles. The molecule has 7 heteroatoms. The van der Waals surface area contributed by atoms with Crippen molar-refractivity contribution in [3.63, 3.8) is 0 Å². The molecule has 3 N–H and O–H groups in total. The minimum absolute atomic E-state index is 0. The average Bonchev–Trinajstić information content (AvgIpc) is 3.19. The van der Waals surface area contributed by atoms with Crippen molar-refractivity contribution in [2.24, 2.45) is 11.7 Å². The topological polar surface area (TPSA) is 71.2 Å². The van der Waals surface area contributed by atoms with Gasteiger partial charge in [-0.05, 0) is 43.7 Å². The second-order valence-corrected chi connectivity index (χ2v) is 5.81. The van der Waals surface area contributed by atoms with Crippen molar-refractivity contribution in [2.45, 2.75) is 31.7 Å². The Bertz CT molecular complexity index is 473. The Balaban J connectivity index is 0.00000121. The van der Waals surface area contributed by atoms with Crippen molar-refractivity contribution >= 4 is 36.5 Å². The van der Waals surface area contributed by atoms with Gasteiger partial charge in [0.05, 0.1) is 5.56 Å². The van der Waals surface area contributed by atoms with Crippen molar-refractivity contribution in [3.05, 3.63) is 23.9 Å². The van der Waals surface area contributed by atoms with Crippen LogP contribution in [0.1, 0.15) is 36.0 Å². The molecule has 1 aliphatic heterocycles. The number of hydrogen-bond acceptors (Lipinski definition) is 4. The minimum Gasteiger partial charge on any atom is -0.357 e. The summed E-state index contributed by atoms with van der Waals surface area (Å²) in [6.45, 7) is 2.68. The number of pyridine rings is 1. The lowest BCUT2D eigenvalue weighted by Crippen LogP contribution is -2.38. The van der Waals surface area contributed by atoms with Crippen LogP contribution in [0.3, 0.4) is 0 Å². The largest absolute Gasteiger partial charge is 0.357 e. The minimum atomic E-state index is -0.0819. The first-order chi connectivity index (χ1) is 9.74. The predicted octanol–water partition coefficient (Wildman–Crippen LogP) is 1.99. The number of carbonyl (C=O) groups is 1. The number of amides is 1. The molecule has 0 bridgehead atoms. The Morgan fingerprint density at radius 2 is 2.00 bits per heavy atom. The fourth-order valence-corrected chi connectivity index (χ4v) is 2.66. The van der Waals surface area contributed by atoms with Crippen molar-refractivity contribution in [2.75, 3.05) is 24.5 Å². The molecule has 0 spiro atoms. The zero-order valence-electron chi connectivity index (χ0n) is 12.5. The Kier molecular flexibility index (Phi) is 7.39. The van der Waals surface area contributed by atoms with E-state index in [4.69, 9.17) is 5.73 Å². The summed E-state index contributed by atoms with van der Waals surface area (Å²) >= 11 is 0. The predicted molar refractivity (Wildman–Crippen MR) is 93.2 cm³/mol. The van der Waals surface area contributed by atoms with Gasteiger partial charge in [-0.25, -0.2) is 4.98 Å². The third-order valence-corrected chi connectivity index (χ3v) is 4.17. The third kappa shape index (κ3) is 4.73. The highest BCUT2D eigenvalue weighted by molar-refractivity contribution is 5.94. The Morgan fingerprint density at radius 1 is 1.32 bits per heavy atom.